The smallest absolute Gasteiger partial charge is 0.105 e. The zero-order valence-corrected chi connectivity index (χ0v) is 11.7. The van der Waals surface area contributed by atoms with Crippen LogP contribution in [0.2, 0.25) is 0 Å². The largest absolute Gasteiger partial charge is 0.304 e. The van der Waals surface area contributed by atoms with Gasteiger partial charge in [-0.05, 0) is 34.2 Å². The van der Waals surface area contributed by atoms with Gasteiger partial charge in [0.25, 0.3) is 0 Å². The molecule has 0 aromatic carbocycles. The maximum Gasteiger partial charge on any atom is 0.105 e. The van der Waals surface area contributed by atoms with E-state index in [1.807, 2.05) is 6.92 Å². The van der Waals surface area contributed by atoms with Gasteiger partial charge >= 0.3 is 0 Å². The maximum absolute atomic E-state index is 9.27. The number of nitrogens with one attached hydrogen (secondary N) is 1. The summed E-state index contributed by atoms with van der Waals surface area (Å²) in [4.78, 5) is 4.81. The molecule has 0 aliphatic carbocycles. The molecule has 1 rings (SSSR count). The van der Waals surface area contributed by atoms with Crippen LogP contribution in [0, 0.1) is 11.3 Å². The van der Waals surface area contributed by atoms with Gasteiger partial charge in [0, 0.05) is 38.8 Å². The number of nitriles is 1. The molecule has 1 saturated heterocycles. The van der Waals surface area contributed by atoms with E-state index in [1.54, 1.807) is 0 Å². The molecular formula is C13H26N4. The summed E-state index contributed by atoms with van der Waals surface area (Å²) in [6.45, 7) is 11.7. The van der Waals surface area contributed by atoms with E-state index >= 15 is 0 Å². The highest BCUT2D eigenvalue weighted by atomic mass is 15.2. The van der Waals surface area contributed by atoms with Crippen LogP contribution in [0.3, 0.4) is 0 Å². The first kappa shape index (κ1) is 14.4. The topological polar surface area (TPSA) is 42.3 Å². The van der Waals surface area contributed by atoms with Crippen molar-refractivity contribution in [2.24, 2.45) is 0 Å². The molecule has 1 atom stereocenters. The van der Waals surface area contributed by atoms with Crippen molar-refractivity contribution in [2.45, 2.75) is 38.8 Å². The second kappa shape index (κ2) is 6.34. The van der Waals surface area contributed by atoms with Crippen molar-refractivity contribution in [3.8, 4) is 6.07 Å². The Kier molecular flexibility index (Phi) is 5.38. The van der Waals surface area contributed by atoms with Crippen LogP contribution in [-0.4, -0.2) is 61.2 Å². The standard InChI is InChI=1S/C13H26N4/c1-12(2)15-13(3,11-14)5-6-17-9-7-16(4)8-10-17/h12,15H,5-10H2,1-4H3. The third-order valence-corrected chi connectivity index (χ3v) is 3.38. The van der Waals surface area contributed by atoms with Crippen LogP contribution in [-0.2, 0) is 0 Å². The molecule has 0 spiro atoms. The van der Waals surface area contributed by atoms with E-state index in [4.69, 9.17) is 0 Å². The van der Waals surface area contributed by atoms with Crippen molar-refractivity contribution in [1.82, 2.24) is 15.1 Å². The van der Waals surface area contributed by atoms with Gasteiger partial charge in [0.15, 0.2) is 0 Å². The van der Waals surface area contributed by atoms with Crippen LogP contribution in [0.15, 0.2) is 0 Å². The Morgan fingerprint density at radius 1 is 1.29 bits per heavy atom. The highest BCUT2D eigenvalue weighted by molar-refractivity contribution is 5.04. The zero-order chi connectivity index (χ0) is 12.9. The van der Waals surface area contributed by atoms with E-state index < -0.39 is 5.54 Å². The Hall–Kier alpha value is -0.630. The van der Waals surface area contributed by atoms with Crippen LogP contribution in [0.5, 0.6) is 0 Å². The van der Waals surface area contributed by atoms with E-state index in [2.05, 4.69) is 42.1 Å². The molecule has 98 valence electrons. The highest BCUT2D eigenvalue weighted by Gasteiger charge is 2.25. The first-order chi connectivity index (χ1) is 7.95. The molecular weight excluding hydrogens is 212 g/mol. The third kappa shape index (κ3) is 5.03. The van der Waals surface area contributed by atoms with Crippen molar-refractivity contribution in [3.05, 3.63) is 0 Å². The summed E-state index contributed by atoms with van der Waals surface area (Å²) in [5.74, 6) is 0. The molecule has 1 fully saturated rings. The molecule has 17 heavy (non-hydrogen) atoms. The van der Waals surface area contributed by atoms with Gasteiger partial charge in [-0.3, -0.25) is 5.32 Å². The number of hydrogen-bond acceptors (Lipinski definition) is 4. The quantitative estimate of drug-likeness (QED) is 0.773. The normalized spacial score (nSPS) is 22.4. The Balaban J connectivity index is 2.35. The number of hydrogen-bond donors (Lipinski definition) is 1. The summed E-state index contributed by atoms with van der Waals surface area (Å²) >= 11 is 0. The average molecular weight is 238 g/mol. The summed E-state index contributed by atoms with van der Waals surface area (Å²) in [6, 6.07) is 2.76. The molecule has 0 amide bonds. The summed E-state index contributed by atoms with van der Waals surface area (Å²) in [5.41, 5.74) is -0.391. The van der Waals surface area contributed by atoms with Crippen molar-refractivity contribution in [2.75, 3.05) is 39.8 Å². The molecule has 1 aliphatic rings. The maximum atomic E-state index is 9.27. The highest BCUT2D eigenvalue weighted by Crippen LogP contribution is 2.11. The van der Waals surface area contributed by atoms with Gasteiger partial charge in [-0.15, -0.1) is 0 Å². The molecule has 0 radical (unpaired) electrons. The fourth-order valence-electron chi connectivity index (χ4n) is 2.25. The van der Waals surface area contributed by atoms with E-state index in [0.717, 1.165) is 39.1 Å². The summed E-state index contributed by atoms with van der Waals surface area (Å²) in [5, 5.41) is 12.6. The molecule has 4 nitrogen and oxygen atoms in total. The minimum atomic E-state index is -0.391. The number of piperazine rings is 1. The second-order valence-corrected chi connectivity index (χ2v) is 5.64. The van der Waals surface area contributed by atoms with E-state index in [-0.39, 0.29) is 0 Å². The molecule has 4 heteroatoms. The lowest BCUT2D eigenvalue weighted by Gasteiger charge is -2.34. The van der Waals surface area contributed by atoms with Crippen molar-refractivity contribution in [3.63, 3.8) is 0 Å². The van der Waals surface area contributed by atoms with Gasteiger partial charge in [0.2, 0.25) is 0 Å². The number of rotatable bonds is 5. The molecule has 0 aromatic heterocycles. The zero-order valence-electron chi connectivity index (χ0n) is 11.7. The van der Waals surface area contributed by atoms with Crippen LogP contribution in [0.25, 0.3) is 0 Å². The molecule has 1 aliphatic heterocycles. The summed E-state index contributed by atoms with van der Waals surface area (Å²) in [6.07, 6.45) is 0.894. The molecule has 0 bridgehead atoms. The van der Waals surface area contributed by atoms with Crippen molar-refractivity contribution >= 4 is 0 Å². The van der Waals surface area contributed by atoms with Gasteiger partial charge in [-0.1, -0.05) is 0 Å². The molecule has 1 N–H and O–H groups in total. The van der Waals surface area contributed by atoms with Crippen LogP contribution >= 0.6 is 0 Å². The SMILES string of the molecule is CC(C)NC(C)(C#N)CCN1CCN(C)CC1. The van der Waals surface area contributed by atoms with Gasteiger partial charge in [-0.2, -0.15) is 5.26 Å². The molecule has 0 saturated carbocycles. The fourth-order valence-corrected chi connectivity index (χ4v) is 2.25. The minimum absolute atomic E-state index is 0.354. The molecule has 1 heterocycles. The lowest BCUT2D eigenvalue weighted by molar-refractivity contribution is 0.144. The van der Waals surface area contributed by atoms with E-state index in [9.17, 15) is 5.26 Å². The third-order valence-electron chi connectivity index (χ3n) is 3.38. The van der Waals surface area contributed by atoms with Crippen LogP contribution < -0.4 is 5.32 Å². The van der Waals surface area contributed by atoms with Crippen LogP contribution in [0.1, 0.15) is 27.2 Å². The summed E-state index contributed by atoms with van der Waals surface area (Å²) < 4.78 is 0. The van der Waals surface area contributed by atoms with Gasteiger partial charge in [-0.25, -0.2) is 0 Å². The Labute approximate surface area is 106 Å². The van der Waals surface area contributed by atoms with E-state index in [0.29, 0.717) is 6.04 Å². The average Bonchev–Trinajstić information content (AvgIpc) is 2.27. The lowest BCUT2D eigenvalue weighted by Crippen LogP contribution is -2.50. The minimum Gasteiger partial charge on any atom is -0.304 e. The monoisotopic (exact) mass is 238 g/mol. The predicted octanol–water partition coefficient (Wildman–Crippen LogP) is 0.904. The predicted molar refractivity (Wildman–Crippen MR) is 70.8 cm³/mol. The van der Waals surface area contributed by atoms with Gasteiger partial charge < -0.3 is 9.80 Å². The van der Waals surface area contributed by atoms with Crippen LogP contribution in [0.4, 0.5) is 0 Å². The number of nitrogens with zero attached hydrogens (tertiary/aromatic N) is 3. The Bertz CT molecular complexity index is 263. The lowest BCUT2D eigenvalue weighted by atomic mass is 9.98. The fraction of sp³-hybridized carbons (Fsp3) is 0.923. The Morgan fingerprint density at radius 3 is 2.35 bits per heavy atom. The molecule has 0 aromatic rings. The summed E-state index contributed by atoms with van der Waals surface area (Å²) in [7, 11) is 2.16. The van der Waals surface area contributed by atoms with Gasteiger partial charge in [0.05, 0.1) is 6.07 Å². The Morgan fingerprint density at radius 2 is 1.88 bits per heavy atom. The first-order valence-corrected chi connectivity index (χ1v) is 6.55. The molecule has 1 unspecified atom stereocenters. The van der Waals surface area contributed by atoms with Crippen molar-refractivity contribution < 1.29 is 0 Å². The number of likely N-dealkylation sites (N-methyl/N-ethyl adjacent to an activating group) is 1. The van der Waals surface area contributed by atoms with Gasteiger partial charge in [0.1, 0.15) is 5.54 Å². The second-order valence-electron chi connectivity index (χ2n) is 5.64. The first-order valence-electron chi connectivity index (χ1n) is 6.55. The van der Waals surface area contributed by atoms with Crippen molar-refractivity contribution in [1.29, 1.82) is 5.26 Å². The van der Waals surface area contributed by atoms with E-state index in [1.165, 1.54) is 0 Å².